The molecule has 2 rings (SSSR count). The van der Waals surface area contributed by atoms with Gasteiger partial charge >= 0.3 is 0 Å². The number of hydrogen-bond donors (Lipinski definition) is 2. The smallest absolute Gasteiger partial charge is 0.262 e. The molecule has 26 heavy (non-hydrogen) atoms. The summed E-state index contributed by atoms with van der Waals surface area (Å²) in [6.07, 6.45) is 0. The van der Waals surface area contributed by atoms with Crippen molar-refractivity contribution in [2.45, 2.75) is 33.2 Å². The SMILES string of the molecule is Cc1cc(OCC(=O)Nc2cccc(C(=O)NC(C)(C)C)c2)ccc1Br. The highest BCUT2D eigenvalue weighted by molar-refractivity contribution is 9.10. The maximum absolute atomic E-state index is 12.2. The largest absolute Gasteiger partial charge is 0.484 e. The lowest BCUT2D eigenvalue weighted by Gasteiger charge is -2.20. The second-order valence-corrected chi connectivity index (χ2v) is 7.89. The monoisotopic (exact) mass is 418 g/mol. The molecule has 0 aromatic heterocycles. The lowest BCUT2D eigenvalue weighted by molar-refractivity contribution is -0.118. The van der Waals surface area contributed by atoms with Crippen molar-refractivity contribution in [1.29, 1.82) is 0 Å². The van der Waals surface area contributed by atoms with E-state index in [1.807, 2.05) is 39.8 Å². The highest BCUT2D eigenvalue weighted by Gasteiger charge is 2.15. The molecule has 0 bridgehead atoms. The van der Waals surface area contributed by atoms with Crippen LogP contribution in [0.1, 0.15) is 36.7 Å². The minimum atomic E-state index is -0.326. The van der Waals surface area contributed by atoms with Crippen LogP contribution in [0.4, 0.5) is 5.69 Å². The van der Waals surface area contributed by atoms with Gasteiger partial charge in [0.15, 0.2) is 6.61 Å². The molecule has 138 valence electrons. The predicted molar refractivity (Wildman–Crippen MR) is 107 cm³/mol. The first-order valence-electron chi connectivity index (χ1n) is 8.25. The van der Waals surface area contributed by atoms with Gasteiger partial charge in [0.25, 0.3) is 11.8 Å². The van der Waals surface area contributed by atoms with Gasteiger partial charge in [-0.25, -0.2) is 0 Å². The number of hydrogen-bond acceptors (Lipinski definition) is 3. The molecule has 6 heteroatoms. The fourth-order valence-electron chi connectivity index (χ4n) is 2.20. The molecule has 2 aromatic rings. The molecule has 2 amide bonds. The van der Waals surface area contributed by atoms with Crippen molar-refractivity contribution in [3.8, 4) is 5.75 Å². The Hall–Kier alpha value is -2.34. The fraction of sp³-hybridized carbons (Fsp3) is 0.300. The predicted octanol–water partition coefficient (Wildman–Crippen LogP) is 4.30. The number of carbonyl (C=O) groups is 2. The molecule has 0 atom stereocenters. The molecule has 0 saturated carbocycles. The molecule has 0 saturated heterocycles. The Morgan fingerprint density at radius 3 is 2.50 bits per heavy atom. The van der Waals surface area contributed by atoms with Crippen molar-refractivity contribution < 1.29 is 14.3 Å². The summed E-state index contributed by atoms with van der Waals surface area (Å²) in [6.45, 7) is 7.58. The summed E-state index contributed by atoms with van der Waals surface area (Å²) in [5.41, 5.74) is 1.74. The molecule has 0 radical (unpaired) electrons. The Labute approximate surface area is 162 Å². The molecular weight excluding hydrogens is 396 g/mol. The number of ether oxygens (including phenoxy) is 1. The first-order valence-corrected chi connectivity index (χ1v) is 9.05. The average Bonchev–Trinajstić information content (AvgIpc) is 2.54. The van der Waals surface area contributed by atoms with Gasteiger partial charge in [0.1, 0.15) is 5.75 Å². The summed E-state index contributed by atoms with van der Waals surface area (Å²) >= 11 is 3.42. The van der Waals surface area contributed by atoms with Crippen LogP contribution in [-0.4, -0.2) is 24.0 Å². The molecule has 0 unspecified atom stereocenters. The third-order valence-corrected chi connectivity index (χ3v) is 4.29. The highest BCUT2D eigenvalue weighted by atomic mass is 79.9. The Kier molecular flexibility index (Phi) is 6.42. The molecule has 2 N–H and O–H groups in total. The van der Waals surface area contributed by atoms with Gasteiger partial charge in [-0.2, -0.15) is 0 Å². The Balaban J connectivity index is 1.95. The summed E-state index contributed by atoms with van der Waals surface area (Å²) in [5.74, 6) is 0.147. The average molecular weight is 419 g/mol. The maximum Gasteiger partial charge on any atom is 0.262 e. The van der Waals surface area contributed by atoms with E-state index in [1.54, 1.807) is 30.3 Å². The molecule has 0 aliphatic heterocycles. The van der Waals surface area contributed by atoms with Crippen molar-refractivity contribution in [3.05, 3.63) is 58.1 Å². The van der Waals surface area contributed by atoms with Crippen molar-refractivity contribution in [2.75, 3.05) is 11.9 Å². The standard InChI is InChI=1S/C20H23BrN2O3/c1-13-10-16(8-9-17(13)21)26-12-18(24)22-15-7-5-6-14(11-15)19(25)23-20(2,3)4/h5-11H,12H2,1-4H3,(H,22,24)(H,23,25). The number of rotatable bonds is 5. The van der Waals surface area contributed by atoms with E-state index in [-0.39, 0.29) is 24.0 Å². The van der Waals surface area contributed by atoms with E-state index in [1.165, 1.54) is 0 Å². The second kappa shape index (κ2) is 8.36. The first-order chi connectivity index (χ1) is 12.1. The van der Waals surface area contributed by atoms with Crippen LogP contribution in [0.15, 0.2) is 46.9 Å². The minimum Gasteiger partial charge on any atom is -0.484 e. The maximum atomic E-state index is 12.2. The Morgan fingerprint density at radius 2 is 1.85 bits per heavy atom. The molecule has 2 aromatic carbocycles. The molecular formula is C20H23BrN2O3. The van der Waals surface area contributed by atoms with Crippen LogP contribution in [-0.2, 0) is 4.79 Å². The summed E-state index contributed by atoms with van der Waals surface area (Å²) in [6, 6.07) is 12.3. The van der Waals surface area contributed by atoms with E-state index >= 15 is 0 Å². The van der Waals surface area contributed by atoms with Crippen molar-refractivity contribution in [1.82, 2.24) is 5.32 Å². The molecule has 0 heterocycles. The molecule has 0 aliphatic carbocycles. The molecule has 0 fully saturated rings. The zero-order chi connectivity index (χ0) is 19.3. The van der Waals surface area contributed by atoms with Crippen LogP contribution >= 0.6 is 15.9 Å². The third-order valence-electron chi connectivity index (χ3n) is 3.40. The van der Waals surface area contributed by atoms with Crippen LogP contribution in [0.5, 0.6) is 5.75 Å². The van der Waals surface area contributed by atoms with Gasteiger partial charge in [0, 0.05) is 21.3 Å². The van der Waals surface area contributed by atoms with Crippen LogP contribution in [0.3, 0.4) is 0 Å². The van der Waals surface area contributed by atoms with Gasteiger partial charge in [0.2, 0.25) is 0 Å². The molecule has 0 aliphatic rings. The van der Waals surface area contributed by atoms with Gasteiger partial charge in [-0.3, -0.25) is 9.59 Å². The van der Waals surface area contributed by atoms with Crippen LogP contribution < -0.4 is 15.4 Å². The summed E-state index contributed by atoms with van der Waals surface area (Å²) in [7, 11) is 0. The summed E-state index contributed by atoms with van der Waals surface area (Å²) in [4.78, 5) is 24.3. The van der Waals surface area contributed by atoms with E-state index in [9.17, 15) is 9.59 Å². The zero-order valence-corrected chi connectivity index (χ0v) is 16.9. The third kappa shape index (κ3) is 6.19. The van der Waals surface area contributed by atoms with Crippen LogP contribution in [0, 0.1) is 6.92 Å². The van der Waals surface area contributed by atoms with Crippen molar-refractivity contribution in [3.63, 3.8) is 0 Å². The number of anilines is 1. The normalized spacial score (nSPS) is 11.0. The van der Waals surface area contributed by atoms with E-state index in [4.69, 9.17) is 4.74 Å². The molecule has 0 spiro atoms. The summed E-state index contributed by atoms with van der Waals surface area (Å²) in [5, 5.41) is 5.64. The van der Waals surface area contributed by atoms with Gasteiger partial charge in [0.05, 0.1) is 0 Å². The topological polar surface area (TPSA) is 67.4 Å². The van der Waals surface area contributed by atoms with Gasteiger partial charge in [-0.1, -0.05) is 22.0 Å². The fourth-order valence-corrected chi connectivity index (χ4v) is 2.45. The van der Waals surface area contributed by atoms with Crippen molar-refractivity contribution >= 4 is 33.4 Å². The van der Waals surface area contributed by atoms with Crippen LogP contribution in [0.25, 0.3) is 0 Å². The highest BCUT2D eigenvalue weighted by Crippen LogP contribution is 2.21. The Bertz CT molecular complexity index is 813. The first kappa shape index (κ1) is 20.0. The van der Waals surface area contributed by atoms with E-state index in [2.05, 4.69) is 26.6 Å². The lowest BCUT2D eigenvalue weighted by Crippen LogP contribution is -2.40. The number of halogens is 1. The van der Waals surface area contributed by atoms with Gasteiger partial charge in [-0.05, 0) is 69.7 Å². The van der Waals surface area contributed by atoms with E-state index < -0.39 is 0 Å². The van der Waals surface area contributed by atoms with E-state index in [0.717, 1.165) is 10.0 Å². The van der Waals surface area contributed by atoms with Gasteiger partial charge in [-0.15, -0.1) is 0 Å². The summed E-state index contributed by atoms with van der Waals surface area (Å²) < 4.78 is 6.49. The number of nitrogens with one attached hydrogen (secondary N) is 2. The minimum absolute atomic E-state index is 0.112. The quantitative estimate of drug-likeness (QED) is 0.760. The van der Waals surface area contributed by atoms with Crippen LogP contribution in [0.2, 0.25) is 0 Å². The second-order valence-electron chi connectivity index (χ2n) is 7.03. The number of carbonyl (C=O) groups excluding carboxylic acids is 2. The van der Waals surface area contributed by atoms with Gasteiger partial charge < -0.3 is 15.4 Å². The number of amides is 2. The van der Waals surface area contributed by atoms with E-state index in [0.29, 0.717) is 17.0 Å². The Morgan fingerprint density at radius 1 is 1.12 bits per heavy atom. The zero-order valence-electron chi connectivity index (χ0n) is 15.4. The number of aryl methyl sites for hydroxylation is 1. The molecule has 5 nitrogen and oxygen atoms in total. The lowest BCUT2D eigenvalue weighted by atomic mass is 10.1. The van der Waals surface area contributed by atoms with Crippen molar-refractivity contribution in [2.24, 2.45) is 0 Å². The number of benzene rings is 2.